The maximum absolute atomic E-state index is 12.2. The molecular formula is C19H26N6O2. The minimum absolute atomic E-state index is 0.00839. The van der Waals surface area contributed by atoms with Crippen molar-refractivity contribution in [2.45, 2.75) is 40.4 Å². The molecule has 0 bridgehead atoms. The summed E-state index contributed by atoms with van der Waals surface area (Å²) in [6, 6.07) is 5.55. The van der Waals surface area contributed by atoms with Crippen LogP contribution >= 0.6 is 0 Å². The number of pyridine rings is 1. The van der Waals surface area contributed by atoms with Gasteiger partial charge in [-0.3, -0.25) is 14.3 Å². The molecule has 0 atom stereocenters. The average Bonchev–Trinajstić information content (AvgIpc) is 3.08. The molecule has 0 unspecified atom stereocenters. The normalized spacial score (nSPS) is 13.4. The van der Waals surface area contributed by atoms with Gasteiger partial charge in [-0.15, -0.1) is 0 Å². The quantitative estimate of drug-likeness (QED) is 0.806. The van der Waals surface area contributed by atoms with Gasteiger partial charge in [-0.05, 0) is 25.1 Å². The van der Waals surface area contributed by atoms with E-state index in [0.29, 0.717) is 44.1 Å². The van der Waals surface area contributed by atoms with E-state index >= 15 is 0 Å². The van der Waals surface area contributed by atoms with Crippen molar-refractivity contribution in [3.63, 3.8) is 0 Å². The van der Waals surface area contributed by atoms with Gasteiger partial charge in [0.05, 0.1) is 36.6 Å². The van der Waals surface area contributed by atoms with Crippen LogP contribution in [0, 0.1) is 5.92 Å². The number of aromatic nitrogens is 3. The number of hydrogen-bond acceptors (Lipinski definition) is 5. The first kappa shape index (κ1) is 18.9. The molecule has 2 amide bonds. The standard InChI is InChI=1S/C19H26N6O2/c1-4-20-18(26)14-5-6-17(21-10-14)22-11-15-9-16-12-24(19(27)13(2)3)7-8-25(16)23-15/h5-6,9-10,13H,4,7-8,11-12H2,1-3H3,(H,20,26)(H,21,22). The maximum Gasteiger partial charge on any atom is 0.252 e. The number of amides is 2. The highest BCUT2D eigenvalue weighted by atomic mass is 16.2. The van der Waals surface area contributed by atoms with Gasteiger partial charge in [0.15, 0.2) is 0 Å². The molecule has 2 aromatic rings. The van der Waals surface area contributed by atoms with Gasteiger partial charge < -0.3 is 15.5 Å². The molecule has 3 heterocycles. The minimum Gasteiger partial charge on any atom is -0.364 e. The number of rotatable bonds is 6. The highest BCUT2D eigenvalue weighted by Gasteiger charge is 2.23. The third-order valence-corrected chi connectivity index (χ3v) is 4.47. The summed E-state index contributed by atoms with van der Waals surface area (Å²) in [5, 5.41) is 10.6. The monoisotopic (exact) mass is 370 g/mol. The lowest BCUT2D eigenvalue weighted by molar-refractivity contribution is -0.136. The Morgan fingerprint density at radius 3 is 2.74 bits per heavy atom. The van der Waals surface area contributed by atoms with E-state index in [1.165, 1.54) is 0 Å². The lowest BCUT2D eigenvalue weighted by Crippen LogP contribution is -2.40. The first-order valence-electron chi connectivity index (χ1n) is 9.30. The third-order valence-electron chi connectivity index (χ3n) is 4.47. The smallest absolute Gasteiger partial charge is 0.252 e. The summed E-state index contributed by atoms with van der Waals surface area (Å²) in [5.74, 6) is 0.747. The van der Waals surface area contributed by atoms with E-state index in [9.17, 15) is 9.59 Å². The molecule has 8 nitrogen and oxygen atoms in total. The Labute approximate surface area is 159 Å². The molecule has 0 spiro atoms. The molecule has 0 fully saturated rings. The van der Waals surface area contributed by atoms with Crippen LogP contribution in [-0.2, 0) is 24.4 Å². The van der Waals surface area contributed by atoms with E-state index in [2.05, 4.69) is 20.7 Å². The van der Waals surface area contributed by atoms with Gasteiger partial charge in [0.2, 0.25) is 5.91 Å². The van der Waals surface area contributed by atoms with Crippen LogP contribution < -0.4 is 10.6 Å². The van der Waals surface area contributed by atoms with Crippen molar-refractivity contribution in [1.82, 2.24) is 25.0 Å². The highest BCUT2D eigenvalue weighted by molar-refractivity contribution is 5.93. The van der Waals surface area contributed by atoms with Crippen LogP contribution in [0.1, 0.15) is 42.5 Å². The van der Waals surface area contributed by atoms with Crippen LogP contribution in [0.3, 0.4) is 0 Å². The Kier molecular flexibility index (Phi) is 5.73. The Hall–Kier alpha value is -2.90. The molecule has 0 aliphatic carbocycles. The predicted octanol–water partition coefficient (Wildman–Crippen LogP) is 1.64. The van der Waals surface area contributed by atoms with E-state index in [1.54, 1.807) is 18.3 Å². The highest BCUT2D eigenvalue weighted by Crippen LogP contribution is 2.16. The fourth-order valence-electron chi connectivity index (χ4n) is 3.04. The fraction of sp³-hybridized carbons (Fsp3) is 0.474. The number of anilines is 1. The number of fused-ring (bicyclic) bond motifs is 1. The van der Waals surface area contributed by atoms with Gasteiger partial charge in [-0.2, -0.15) is 5.10 Å². The molecule has 3 rings (SSSR count). The van der Waals surface area contributed by atoms with Crippen molar-refractivity contribution >= 4 is 17.6 Å². The maximum atomic E-state index is 12.2. The second-order valence-electron chi connectivity index (χ2n) is 6.91. The molecule has 0 saturated carbocycles. The van der Waals surface area contributed by atoms with Crippen molar-refractivity contribution in [3.05, 3.63) is 41.3 Å². The summed E-state index contributed by atoms with van der Waals surface area (Å²) in [6.45, 7) is 8.86. The molecule has 0 aromatic carbocycles. The Morgan fingerprint density at radius 2 is 2.07 bits per heavy atom. The van der Waals surface area contributed by atoms with Gasteiger partial charge in [0, 0.05) is 25.2 Å². The number of nitrogens with zero attached hydrogens (tertiary/aromatic N) is 4. The van der Waals surface area contributed by atoms with Crippen LogP contribution in [0.15, 0.2) is 24.4 Å². The number of hydrogen-bond donors (Lipinski definition) is 2. The summed E-state index contributed by atoms with van der Waals surface area (Å²) in [7, 11) is 0. The number of carbonyl (C=O) groups is 2. The van der Waals surface area contributed by atoms with Crippen LogP contribution in [0.25, 0.3) is 0 Å². The molecule has 1 aliphatic rings. The first-order valence-corrected chi connectivity index (χ1v) is 9.30. The van der Waals surface area contributed by atoms with Gasteiger partial charge in [-0.1, -0.05) is 13.8 Å². The van der Waals surface area contributed by atoms with E-state index in [1.807, 2.05) is 36.4 Å². The summed E-state index contributed by atoms with van der Waals surface area (Å²) < 4.78 is 1.97. The lowest BCUT2D eigenvalue weighted by Gasteiger charge is -2.29. The zero-order valence-electron chi connectivity index (χ0n) is 16.0. The van der Waals surface area contributed by atoms with Gasteiger partial charge in [-0.25, -0.2) is 4.98 Å². The van der Waals surface area contributed by atoms with Gasteiger partial charge in [0.25, 0.3) is 5.91 Å². The molecule has 0 radical (unpaired) electrons. The van der Waals surface area contributed by atoms with Crippen LogP contribution in [0.5, 0.6) is 0 Å². The Bertz CT molecular complexity index is 812. The molecule has 144 valence electrons. The molecular weight excluding hydrogens is 344 g/mol. The zero-order chi connectivity index (χ0) is 19.4. The summed E-state index contributed by atoms with van der Waals surface area (Å²) in [5.41, 5.74) is 2.49. The molecule has 2 aromatic heterocycles. The largest absolute Gasteiger partial charge is 0.364 e. The number of carbonyl (C=O) groups excluding carboxylic acids is 2. The van der Waals surface area contributed by atoms with E-state index in [0.717, 1.165) is 11.4 Å². The Balaban J connectivity index is 1.59. The van der Waals surface area contributed by atoms with Crippen molar-refractivity contribution in [1.29, 1.82) is 0 Å². The van der Waals surface area contributed by atoms with Crippen molar-refractivity contribution < 1.29 is 9.59 Å². The summed E-state index contributed by atoms with van der Waals surface area (Å²) >= 11 is 0. The van der Waals surface area contributed by atoms with Crippen LogP contribution in [0.2, 0.25) is 0 Å². The second-order valence-corrected chi connectivity index (χ2v) is 6.91. The SMILES string of the molecule is CCNC(=O)c1ccc(NCc2cc3n(n2)CCN(C(=O)C(C)C)C3)nc1. The molecule has 0 saturated heterocycles. The molecule has 2 N–H and O–H groups in total. The molecule has 1 aliphatic heterocycles. The van der Waals surface area contributed by atoms with Crippen LogP contribution in [0.4, 0.5) is 5.82 Å². The number of nitrogens with one attached hydrogen (secondary N) is 2. The predicted molar refractivity (Wildman–Crippen MR) is 102 cm³/mol. The van der Waals surface area contributed by atoms with Crippen molar-refractivity contribution in [2.24, 2.45) is 5.92 Å². The zero-order valence-corrected chi connectivity index (χ0v) is 16.0. The minimum atomic E-state index is -0.126. The lowest BCUT2D eigenvalue weighted by atomic mass is 10.1. The van der Waals surface area contributed by atoms with Gasteiger partial charge >= 0.3 is 0 Å². The Morgan fingerprint density at radius 1 is 1.26 bits per heavy atom. The summed E-state index contributed by atoms with van der Waals surface area (Å²) in [6.07, 6.45) is 1.56. The molecule has 8 heteroatoms. The van der Waals surface area contributed by atoms with Gasteiger partial charge in [0.1, 0.15) is 5.82 Å². The van der Waals surface area contributed by atoms with E-state index in [4.69, 9.17) is 0 Å². The fourth-order valence-corrected chi connectivity index (χ4v) is 3.04. The topological polar surface area (TPSA) is 92.2 Å². The van der Waals surface area contributed by atoms with Crippen molar-refractivity contribution in [3.8, 4) is 0 Å². The second kappa shape index (κ2) is 8.20. The van der Waals surface area contributed by atoms with Crippen LogP contribution in [-0.4, -0.2) is 44.6 Å². The van der Waals surface area contributed by atoms with E-state index in [-0.39, 0.29) is 17.7 Å². The first-order chi connectivity index (χ1) is 13.0. The average molecular weight is 370 g/mol. The summed E-state index contributed by atoms with van der Waals surface area (Å²) in [4.78, 5) is 30.1. The van der Waals surface area contributed by atoms with Crippen molar-refractivity contribution in [2.75, 3.05) is 18.4 Å². The third kappa shape index (κ3) is 4.45. The molecule has 27 heavy (non-hydrogen) atoms. The van der Waals surface area contributed by atoms with E-state index < -0.39 is 0 Å².